The molecule has 0 fully saturated rings. The molecule has 0 atom stereocenters. The van der Waals surface area contributed by atoms with Crippen LogP contribution in [0.5, 0.6) is 0 Å². The Bertz CT molecular complexity index is 1710. The van der Waals surface area contributed by atoms with Gasteiger partial charge >= 0.3 is 0 Å². The Morgan fingerprint density at radius 3 is 1.32 bits per heavy atom. The average Bonchev–Trinajstić information content (AvgIpc) is 3.01. The number of pyridine rings is 2. The highest BCUT2D eigenvalue weighted by molar-refractivity contribution is 6.88. The van der Waals surface area contributed by atoms with Crippen molar-refractivity contribution < 1.29 is 0 Å². The van der Waals surface area contributed by atoms with Crippen molar-refractivity contribution in [1.29, 1.82) is 0 Å². The predicted octanol–water partition coefficient (Wildman–Crippen LogP) is 7.54. The van der Waals surface area contributed by atoms with E-state index in [1.807, 2.05) is 30.3 Å². The first-order valence-corrected chi connectivity index (χ1v) is 16.8. The summed E-state index contributed by atoms with van der Waals surface area (Å²) in [7, 11) is -1.33. The SMILES string of the molecule is C[Si](C)(C)c1ccc(-c2cccc(-c3cccc(-c4nc(-c5cccnc5)nc(-c5cccnc5)n4)c3)c2)cc1. The van der Waals surface area contributed by atoms with Crippen molar-refractivity contribution in [2.45, 2.75) is 19.6 Å². The van der Waals surface area contributed by atoms with E-state index in [9.17, 15) is 0 Å². The van der Waals surface area contributed by atoms with Gasteiger partial charge in [0.1, 0.15) is 0 Å². The lowest BCUT2D eigenvalue weighted by Gasteiger charge is -2.17. The molecule has 6 rings (SSSR count). The molecule has 0 spiro atoms. The first-order valence-electron chi connectivity index (χ1n) is 13.3. The first-order chi connectivity index (χ1) is 19.4. The minimum atomic E-state index is -1.33. The Morgan fingerprint density at radius 2 is 0.850 bits per heavy atom. The summed E-state index contributed by atoms with van der Waals surface area (Å²) in [6.45, 7) is 7.13. The quantitative estimate of drug-likeness (QED) is 0.206. The maximum Gasteiger partial charge on any atom is 0.165 e. The van der Waals surface area contributed by atoms with Crippen molar-refractivity contribution in [2.24, 2.45) is 0 Å². The molecule has 0 aliphatic carbocycles. The summed E-state index contributed by atoms with van der Waals surface area (Å²) < 4.78 is 0. The lowest BCUT2D eigenvalue weighted by Crippen LogP contribution is -2.37. The van der Waals surface area contributed by atoms with Crippen LogP contribution in [0, 0.1) is 0 Å². The number of hydrogen-bond acceptors (Lipinski definition) is 5. The van der Waals surface area contributed by atoms with Crippen LogP contribution in [0.2, 0.25) is 19.6 Å². The van der Waals surface area contributed by atoms with E-state index in [1.54, 1.807) is 24.8 Å². The van der Waals surface area contributed by atoms with Crippen molar-refractivity contribution >= 4 is 13.3 Å². The van der Waals surface area contributed by atoms with Crippen LogP contribution in [-0.4, -0.2) is 33.0 Å². The second-order valence-corrected chi connectivity index (χ2v) is 15.9. The molecule has 0 aliphatic rings. The summed E-state index contributed by atoms with van der Waals surface area (Å²) in [5, 5.41) is 1.47. The van der Waals surface area contributed by atoms with Gasteiger partial charge in [0, 0.05) is 41.5 Å². The van der Waals surface area contributed by atoms with Gasteiger partial charge in [0.2, 0.25) is 0 Å². The summed E-state index contributed by atoms with van der Waals surface area (Å²) in [5.74, 6) is 1.75. The highest BCUT2D eigenvalue weighted by Gasteiger charge is 2.16. The standard InChI is InChI=1S/C34H29N5Si/c1-40(2,3)31-16-14-24(15-17-31)25-8-4-9-26(20-25)27-10-5-11-28(21-27)32-37-33(29-12-6-18-35-22-29)39-34(38-32)30-13-7-19-36-23-30/h4-23H,1-3H3. The molecule has 0 amide bonds. The fourth-order valence-corrected chi connectivity index (χ4v) is 5.80. The van der Waals surface area contributed by atoms with E-state index in [4.69, 9.17) is 15.0 Å². The van der Waals surface area contributed by atoms with Crippen LogP contribution in [-0.2, 0) is 0 Å². The molecule has 5 nitrogen and oxygen atoms in total. The Hall–Kier alpha value is -4.81. The van der Waals surface area contributed by atoms with Gasteiger partial charge in [0.05, 0.1) is 8.07 Å². The van der Waals surface area contributed by atoms with Crippen LogP contribution in [0.4, 0.5) is 0 Å². The monoisotopic (exact) mass is 535 g/mol. The molecule has 194 valence electrons. The molecule has 6 heteroatoms. The predicted molar refractivity (Wildman–Crippen MR) is 166 cm³/mol. The first kappa shape index (κ1) is 25.5. The van der Waals surface area contributed by atoms with Crippen molar-refractivity contribution in [3.63, 3.8) is 0 Å². The van der Waals surface area contributed by atoms with E-state index in [1.165, 1.54) is 16.3 Å². The van der Waals surface area contributed by atoms with Crippen molar-refractivity contribution in [2.75, 3.05) is 0 Å². The molecule has 0 aliphatic heterocycles. The van der Waals surface area contributed by atoms with Gasteiger partial charge in [0.25, 0.3) is 0 Å². The highest BCUT2D eigenvalue weighted by atomic mass is 28.3. The summed E-state index contributed by atoms with van der Waals surface area (Å²) in [5.41, 5.74) is 7.25. The molecule has 0 saturated heterocycles. The molecular weight excluding hydrogens is 506 g/mol. The second-order valence-electron chi connectivity index (χ2n) is 10.8. The number of aromatic nitrogens is 5. The Balaban J connectivity index is 1.39. The van der Waals surface area contributed by atoms with Crippen LogP contribution >= 0.6 is 0 Å². The maximum absolute atomic E-state index is 4.85. The smallest absolute Gasteiger partial charge is 0.165 e. The van der Waals surface area contributed by atoms with E-state index < -0.39 is 8.07 Å². The molecule has 3 aromatic carbocycles. The van der Waals surface area contributed by atoms with Gasteiger partial charge in [-0.3, -0.25) is 9.97 Å². The Kier molecular flexibility index (Phi) is 6.84. The van der Waals surface area contributed by atoms with Gasteiger partial charge in [-0.25, -0.2) is 15.0 Å². The molecule has 0 bridgehead atoms. The lowest BCUT2D eigenvalue weighted by molar-refractivity contribution is 1.07. The molecule has 6 aromatic rings. The number of nitrogens with zero attached hydrogens (tertiary/aromatic N) is 5. The van der Waals surface area contributed by atoms with Crippen molar-refractivity contribution in [3.8, 4) is 56.4 Å². The van der Waals surface area contributed by atoms with E-state index in [-0.39, 0.29) is 0 Å². The molecule has 0 N–H and O–H groups in total. The second kappa shape index (κ2) is 10.7. The molecule has 0 saturated carbocycles. The zero-order valence-electron chi connectivity index (χ0n) is 22.8. The van der Waals surface area contributed by atoms with Crippen molar-refractivity contribution in [3.05, 3.63) is 122 Å². The Labute approximate surface area is 235 Å². The van der Waals surface area contributed by atoms with Gasteiger partial charge in [-0.1, -0.05) is 85.5 Å². The summed E-state index contributed by atoms with van der Waals surface area (Å²) in [6.07, 6.45) is 7.02. The fraction of sp³-hybridized carbons (Fsp3) is 0.0882. The van der Waals surface area contributed by atoms with Gasteiger partial charge in [-0.2, -0.15) is 0 Å². The van der Waals surface area contributed by atoms with Gasteiger partial charge in [0.15, 0.2) is 17.5 Å². The summed E-state index contributed by atoms with van der Waals surface area (Å²) in [4.78, 5) is 23.0. The van der Waals surface area contributed by atoms with E-state index >= 15 is 0 Å². The largest absolute Gasteiger partial charge is 0.264 e. The molecule has 40 heavy (non-hydrogen) atoms. The molecule has 3 aromatic heterocycles. The van der Waals surface area contributed by atoms with Gasteiger partial charge in [-0.15, -0.1) is 0 Å². The van der Waals surface area contributed by atoms with Gasteiger partial charge < -0.3 is 0 Å². The number of rotatable bonds is 6. The lowest BCUT2D eigenvalue weighted by atomic mass is 9.98. The zero-order valence-corrected chi connectivity index (χ0v) is 23.8. The van der Waals surface area contributed by atoms with Crippen LogP contribution < -0.4 is 5.19 Å². The zero-order chi connectivity index (χ0) is 27.5. The third-order valence-corrected chi connectivity index (χ3v) is 8.94. The summed E-state index contributed by atoms with van der Waals surface area (Å²) >= 11 is 0. The number of benzene rings is 3. The fourth-order valence-electron chi connectivity index (χ4n) is 4.63. The number of hydrogen-bond donors (Lipinski definition) is 0. The maximum atomic E-state index is 4.85. The van der Waals surface area contributed by atoms with E-state index in [0.717, 1.165) is 27.8 Å². The van der Waals surface area contributed by atoms with Crippen LogP contribution in [0.1, 0.15) is 0 Å². The molecule has 0 radical (unpaired) electrons. The Morgan fingerprint density at radius 1 is 0.425 bits per heavy atom. The van der Waals surface area contributed by atoms with Crippen LogP contribution in [0.15, 0.2) is 122 Å². The van der Waals surface area contributed by atoms with Crippen LogP contribution in [0.25, 0.3) is 56.4 Å². The topological polar surface area (TPSA) is 64.5 Å². The minimum absolute atomic E-state index is 0.575. The third-order valence-electron chi connectivity index (χ3n) is 6.88. The molecule has 3 heterocycles. The summed E-state index contributed by atoms with van der Waals surface area (Å²) in [6, 6.07) is 33.8. The van der Waals surface area contributed by atoms with Crippen molar-refractivity contribution in [1.82, 2.24) is 24.9 Å². The van der Waals surface area contributed by atoms with E-state index in [0.29, 0.717) is 17.5 Å². The van der Waals surface area contributed by atoms with Gasteiger partial charge in [-0.05, 0) is 58.7 Å². The highest BCUT2D eigenvalue weighted by Crippen LogP contribution is 2.30. The molecule has 0 unspecified atom stereocenters. The van der Waals surface area contributed by atoms with Crippen LogP contribution in [0.3, 0.4) is 0 Å². The van der Waals surface area contributed by atoms with E-state index in [2.05, 4.69) is 96.3 Å². The normalized spacial score (nSPS) is 11.4. The minimum Gasteiger partial charge on any atom is -0.264 e. The third kappa shape index (κ3) is 5.48. The molecular formula is C34H29N5Si. The average molecular weight is 536 g/mol.